The average molecular weight is 412 g/mol. The van der Waals surface area contributed by atoms with Gasteiger partial charge in [0.2, 0.25) is 0 Å². The Kier molecular flexibility index (Phi) is 6.73. The minimum atomic E-state index is -1.17. The molecule has 9 heteroatoms. The highest BCUT2D eigenvalue weighted by Gasteiger charge is 2.27. The van der Waals surface area contributed by atoms with Gasteiger partial charge < -0.3 is 24.9 Å². The van der Waals surface area contributed by atoms with Gasteiger partial charge in [-0.2, -0.15) is 5.10 Å². The number of nitrogens with one attached hydrogen (secondary N) is 3. The van der Waals surface area contributed by atoms with Crippen LogP contribution in [0.15, 0.2) is 45.8 Å². The Labute approximate surface area is 175 Å². The fourth-order valence-electron chi connectivity index (χ4n) is 2.80. The maximum absolute atomic E-state index is 10.7. The quantitative estimate of drug-likeness (QED) is 0.331. The van der Waals surface area contributed by atoms with Crippen LogP contribution in [0, 0.1) is 6.92 Å². The molecule has 0 saturated heterocycles. The number of benzene rings is 1. The Bertz CT molecular complexity index is 975. The molecule has 30 heavy (non-hydrogen) atoms. The lowest BCUT2D eigenvalue weighted by Gasteiger charge is -2.22. The fourth-order valence-corrected chi connectivity index (χ4v) is 2.80. The third-order valence-corrected chi connectivity index (χ3v) is 4.48. The molecular weight excluding hydrogens is 384 g/mol. The smallest absolute Gasteiger partial charge is 0.191 e. The van der Waals surface area contributed by atoms with E-state index >= 15 is 0 Å². The minimum absolute atomic E-state index is 0.235. The van der Waals surface area contributed by atoms with Crippen molar-refractivity contribution in [3.63, 3.8) is 0 Å². The van der Waals surface area contributed by atoms with Crippen LogP contribution in [0.1, 0.15) is 31.2 Å². The van der Waals surface area contributed by atoms with E-state index in [9.17, 15) is 5.11 Å². The van der Waals surface area contributed by atoms with Gasteiger partial charge in [0, 0.05) is 12.1 Å². The summed E-state index contributed by atoms with van der Waals surface area (Å²) in [6.07, 6.45) is 0. The second-order valence-electron chi connectivity index (χ2n) is 7.07. The number of methoxy groups -OCH3 is 1. The summed E-state index contributed by atoms with van der Waals surface area (Å²) in [4.78, 5) is 9.01. The molecule has 0 fully saturated rings. The predicted octanol–water partition coefficient (Wildman–Crippen LogP) is 2.34. The molecule has 0 saturated carbocycles. The summed E-state index contributed by atoms with van der Waals surface area (Å²) in [6.45, 7) is 6.73. The molecule has 0 bridgehead atoms. The summed E-state index contributed by atoms with van der Waals surface area (Å²) in [5, 5.41) is 24.2. The van der Waals surface area contributed by atoms with E-state index in [0.717, 1.165) is 17.1 Å². The number of guanidine groups is 1. The Morgan fingerprint density at radius 2 is 2.00 bits per heavy atom. The van der Waals surface area contributed by atoms with E-state index in [4.69, 9.17) is 9.15 Å². The van der Waals surface area contributed by atoms with Crippen molar-refractivity contribution in [3.05, 3.63) is 53.7 Å². The lowest BCUT2D eigenvalue weighted by Crippen LogP contribution is -2.44. The van der Waals surface area contributed by atoms with Crippen LogP contribution < -0.4 is 15.4 Å². The second kappa shape index (κ2) is 9.45. The van der Waals surface area contributed by atoms with E-state index < -0.39 is 5.60 Å². The van der Waals surface area contributed by atoms with Gasteiger partial charge in [-0.25, -0.2) is 9.98 Å². The zero-order valence-electron chi connectivity index (χ0n) is 17.7. The molecule has 1 unspecified atom stereocenters. The Balaban J connectivity index is 1.63. The standard InChI is InChI=1S/C21H28N6O3/c1-5-22-20(24-13-21(3,28)17-11-6-14(2)30-17)23-12-18-25-19(27-26-18)15-7-9-16(29-4)10-8-15/h6-11,28H,5,12-13H2,1-4H3,(H2,22,23,24)(H,25,26,27). The number of aliphatic imine (C=N–C) groups is 1. The molecule has 3 aromatic rings. The Morgan fingerprint density at radius 1 is 1.23 bits per heavy atom. The molecule has 160 valence electrons. The van der Waals surface area contributed by atoms with Gasteiger partial charge in [-0.1, -0.05) is 0 Å². The fraction of sp³-hybridized carbons (Fsp3) is 0.381. The molecule has 0 spiro atoms. The third-order valence-electron chi connectivity index (χ3n) is 4.48. The van der Waals surface area contributed by atoms with Gasteiger partial charge in [0.1, 0.15) is 35.2 Å². The first-order chi connectivity index (χ1) is 14.4. The molecule has 2 heterocycles. The molecule has 1 atom stereocenters. The summed E-state index contributed by atoms with van der Waals surface area (Å²) in [5.74, 6) is 3.82. The predicted molar refractivity (Wildman–Crippen MR) is 114 cm³/mol. The molecule has 9 nitrogen and oxygen atoms in total. The largest absolute Gasteiger partial charge is 0.497 e. The maximum Gasteiger partial charge on any atom is 0.191 e. The summed E-state index contributed by atoms with van der Waals surface area (Å²) in [5.41, 5.74) is -0.282. The van der Waals surface area contributed by atoms with Crippen molar-refractivity contribution in [2.45, 2.75) is 32.9 Å². The van der Waals surface area contributed by atoms with Gasteiger partial charge in [-0.05, 0) is 57.2 Å². The van der Waals surface area contributed by atoms with Crippen LogP contribution in [-0.2, 0) is 12.1 Å². The second-order valence-corrected chi connectivity index (χ2v) is 7.07. The van der Waals surface area contributed by atoms with Crippen molar-refractivity contribution >= 4 is 5.96 Å². The van der Waals surface area contributed by atoms with Gasteiger partial charge >= 0.3 is 0 Å². The highest BCUT2D eigenvalue weighted by Crippen LogP contribution is 2.22. The van der Waals surface area contributed by atoms with E-state index in [0.29, 0.717) is 36.5 Å². The van der Waals surface area contributed by atoms with E-state index in [-0.39, 0.29) is 6.54 Å². The lowest BCUT2D eigenvalue weighted by atomic mass is 10.0. The number of H-pyrrole nitrogens is 1. The zero-order valence-corrected chi connectivity index (χ0v) is 17.7. The van der Waals surface area contributed by atoms with Crippen LogP contribution in [0.4, 0.5) is 0 Å². The normalized spacial score (nSPS) is 13.7. The number of aromatic amines is 1. The molecule has 4 N–H and O–H groups in total. The number of aryl methyl sites for hydroxylation is 1. The van der Waals surface area contributed by atoms with Gasteiger partial charge in [-0.3, -0.25) is 5.10 Å². The van der Waals surface area contributed by atoms with Crippen LogP contribution in [0.5, 0.6) is 5.75 Å². The first kappa shape index (κ1) is 21.4. The number of hydrogen-bond acceptors (Lipinski definition) is 6. The molecule has 0 aliphatic carbocycles. The Morgan fingerprint density at radius 3 is 2.63 bits per heavy atom. The lowest BCUT2D eigenvalue weighted by molar-refractivity contribution is 0.0378. The summed E-state index contributed by atoms with van der Waals surface area (Å²) in [6, 6.07) is 11.1. The number of ether oxygens (including phenoxy) is 1. The first-order valence-electron chi connectivity index (χ1n) is 9.78. The number of rotatable bonds is 8. The van der Waals surface area contributed by atoms with E-state index in [1.807, 2.05) is 44.2 Å². The topological polar surface area (TPSA) is 121 Å². The van der Waals surface area contributed by atoms with E-state index in [1.165, 1.54) is 0 Å². The molecule has 0 aliphatic heterocycles. The van der Waals surface area contributed by atoms with Crippen LogP contribution in [0.2, 0.25) is 0 Å². The van der Waals surface area contributed by atoms with Crippen molar-refractivity contribution in [3.8, 4) is 17.1 Å². The third kappa shape index (κ3) is 5.38. The average Bonchev–Trinajstić information content (AvgIpc) is 3.40. The SMILES string of the molecule is CCNC(=NCc1nc(-c2ccc(OC)cc2)n[nH]1)NCC(C)(O)c1ccc(C)o1. The van der Waals surface area contributed by atoms with Gasteiger partial charge in [0.05, 0.1) is 13.7 Å². The number of hydrogen-bond donors (Lipinski definition) is 4. The molecular formula is C21H28N6O3. The molecule has 1 aromatic carbocycles. The van der Waals surface area contributed by atoms with Gasteiger partial charge in [0.25, 0.3) is 0 Å². The van der Waals surface area contributed by atoms with Crippen LogP contribution in [-0.4, -0.2) is 46.4 Å². The molecule has 0 radical (unpaired) electrons. The molecule has 2 aromatic heterocycles. The highest BCUT2D eigenvalue weighted by molar-refractivity contribution is 5.79. The summed E-state index contributed by atoms with van der Waals surface area (Å²) < 4.78 is 10.7. The van der Waals surface area contributed by atoms with Crippen LogP contribution >= 0.6 is 0 Å². The van der Waals surface area contributed by atoms with E-state index in [2.05, 4.69) is 30.8 Å². The molecule has 3 rings (SSSR count). The minimum Gasteiger partial charge on any atom is -0.497 e. The Hall–Kier alpha value is -3.33. The highest BCUT2D eigenvalue weighted by atomic mass is 16.5. The summed E-state index contributed by atoms with van der Waals surface area (Å²) in [7, 11) is 1.63. The number of aliphatic hydroxyl groups is 1. The maximum atomic E-state index is 10.7. The van der Waals surface area contributed by atoms with Crippen LogP contribution in [0.25, 0.3) is 11.4 Å². The van der Waals surface area contributed by atoms with Crippen molar-refractivity contribution in [2.75, 3.05) is 20.2 Å². The number of nitrogens with zero attached hydrogens (tertiary/aromatic N) is 3. The van der Waals surface area contributed by atoms with Gasteiger partial charge in [0.15, 0.2) is 11.8 Å². The molecule has 0 aliphatic rings. The van der Waals surface area contributed by atoms with E-state index in [1.54, 1.807) is 20.1 Å². The van der Waals surface area contributed by atoms with Crippen molar-refractivity contribution < 1.29 is 14.3 Å². The number of aromatic nitrogens is 3. The zero-order chi connectivity index (χ0) is 21.6. The monoisotopic (exact) mass is 412 g/mol. The number of furan rings is 1. The summed E-state index contributed by atoms with van der Waals surface area (Å²) >= 11 is 0. The van der Waals surface area contributed by atoms with Crippen molar-refractivity contribution in [1.29, 1.82) is 0 Å². The molecule has 0 amide bonds. The van der Waals surface area contributed by atoms with Gasteiger partial charge in [-0.15, -0.1) is 0 Å². The van der Waals surface area contributed by atoms with Crippen molar-refractivity contribution in [2.24, 2.45) is 4.99 Å². The van der Waals surface area contributed by atoms with Crippen molar-refractivity contribution in [1.82, 2.24) is 25.8 Å². The van der Waals surface area contributed by atoms with Crippen LogP contribution in [0.3, 0.4) is 0 Å². The first-order valence-corrected chi connectivity index (χ1v) is 9.78.